The van der Waals surface area contributed by atoms with Crippen molar-refractivity contribution >= 4 is 46.7 Å². The monoisotopic (exact) mass is 453 g/mol. The Balaban J connectivity index is 1.64. The van der Waals surface area contributed by atoms with Crippen LogP contribution in [0.2, 0.25) is 0 Å². The van der Waals surface area contributed by atoms with Crippen molar-refractivity contribution < 1.29 is 19.1 Å². The molecular formula is C20H30Cl3NO4. The normalized spacial score (nSPS) is 25.3. The molecule has 0 aromatic heterocycles. The van der Waals surface area contributed by atoms with Gasteiger partial charge in [0, 0.05) is 13.0 Å². The Bertz CT molecular complexity index is 564. The summed E-state index contributed by atoms with van der Waals surface area (Å²) in [6.07, 6.45) is 13.7. The summed E-state index contributed by atoms with van der Waals surface area (Å²) in [6.45, 7) is 0.703. The number of carbonyl (C=O) groups is 2. The lowest BCUT2D eigenvalue weighted by molar-refractivity contribution is -0.145. The Hall–Kier alpha value is -0.490. The molecule has 0 aliphatic carbocycles. The third kappa shape index (κ3) is 6.25. The van der Waals surface area contributed by atoms with Crippen molar-refractivity contribution in [3.8, 4) is 0 Å². The summed E-state index contributed by atoms with van der Waals surface area (Å²) < 4.78 is 8.38. The van der Waals surface area contributed by atoms with E-state index in [2.05, 4.69) is 16.9 Å². The molecule has 2 fully saturated rings. The number of fused-ring (bicyclic) bond motifs is 1. The summed E-state index contributed by atoms with van der Waals surface area (Å²) in [7, 11) is 1.43. The van der Waals surface area contributed by atoms with Gasteiger partial charge in [-0.2, -0.15) is 0 Å². The SMILES string of the molecule is COC(=O)CCCCCCCC/C=C/C[C@@]12CCCN1[C@@H](C(Cl)(Cl)Cl)OC2=O. The standard InChI is InChI=1S/C20H30Cl3NO4/c1-27-16(25)12-9-7-5-3-2-4-6-8-10-13-19-14-11-15-24(19)17(20(21,22)23)28-18(19)26/h8,10,17H,2-7,9,11-15H2,1H3/b10-8+/t17-,19+/m1/s1. The number of esters is 2. The van der Waals surface area contributed by atoms with Crippen molar-refractivity contribution in [2.24, 2.45) is 0 Å². The number of alkyl halides is 3. The highest BCUT2D eigenvalue weighted by Gasteiger charge is 2.61. The largest absolute Gasteiger partial charge is 0.469 e. The zero-order valence-corrected chi connectivity index (χ0v) is 18.7. The number of rotatable bonds is 11. The minimum atomic E-state index is -1.64. The van der Waals surface area contributed by atoms with Crippen LogP contribution in [-0.4, -0.2) is 46.1 Å². The molecular weight excluding hydrogens is 425 g/mol. The first kappa shape index (κ1) is 23.8. The Morgan fingerprint density at radius 2 is 1.89 bits per heavy atom. The van der Waals surface area contributed by atoms with E-state index in [1.165, 1.54) is 13.5 Å². The van der Waals surface area contributed by atoms with Crippen LogP contribution in [0.4, 0.5) is 0 Å². The van der Waals surface area contributed by atoms with Gasteiger partial charge in [-0.05, 0) is 38.5 Å². The fourth-order valence-corrected chi connectivity index (χ4v) is 4.51. The van der Waals surface area contributed by atoms with Crippen LogP contribution in [0.15, 0.2) is 12.2 Å². The number of ether oxygens (including phenoxy) is 2. The van der Waals surface area contributed by atoms with Crippen LogP contribution in [0, 0.1) is 0 Å². The third-order valence-electron chi connectivity index (χ3n) is 5.55. The maximum atomic E-state index is 12.5. The van der Waals surface area contributed by atoms with Crippen LogP contribution >= 0.6 is 34.8 Å². The van der Waals surface area contributed by atoms with E-state index in [4.69, 9.17) is 39.5 Å². The van der Waals surface area contributed by atoms with Gasteiger partial charge >= 0.3 is 11.9 Å². The second kappa shape index (κ2) is 11.1. The van der Waals surface area contributed by atoms with Crippen LogP contribution in [0.5, 0.6) is 0 Å². The van der Waals surface area contributed by atoms with Gasteiger partial charge in [0.05, 0.1) is 7.11 Å². The number of halogens is 3. The van der Waals surface area contributed by atoms with Gasteiger partial charge < -0.3 is 9.47 Å². The average Bonchev–Trinajstić information content (AvgIpc) is 3.17. The fraction of sp³-hybridized carbons (Fsp3) is 0.800. The van der Waals surface area contributed by atoms with E-state index in [0.717, 1.165) is 51.4 Å². The highest BCUT2D eigenvalue weighted by Crippen LogP contribution is 2.48. The van der Waals surface area contributed by atoms with Gasteiger partial charge in [-0.1, -0.05) is 72.6 Å². The molecule has 0 bridgehead atoms. The molecule has 2 heterocycles. The zero-order chi connectivity index (χ0) is 20.6. The first-order valence-electron chi connectivity index (χ1n) is 10.1. The number of unbranched alkanes of at least 4 members (excludes halogenated alkanes) is 6. The van der Waals surface area contributed by atoms with Crippen molar-refractivity contribution in [1.29, 1.82) is 0 Å². The first-order chi connectivity index (χ1) is 13.3. The molecule has 2 aliphatic heterocycles. The number of nitrogens with zero attached hydrogens (tertiary/aromatic N) is 1. The molecule has 0 aromatic rings. The molecule has 0 aromatic carbocycles. The van der Waals surface area contributed by atoms with E-state index < -0.39 is 15.6 Å². The van der Waals surface area contributed by atoms with Crippen molar-refractivity contribution in [3.05, 3.63) is 12.2 Å². The van der Waals surface area contributed by atoms with Crippen LogP contribution in [0.1, 0.15) is 70.6 Å². The zero-order valence-electron chi connectivity index (χ0n) is 16.4. The molecule has 160 valence electrons. The summed E-state index contributed by atoms with van der Waals surface area (Å²) in [5.41, 5.74) is -0.676. The van der Waals surface area contributed by atoms with Gasteiger partial charge in [0.2, 0.25) is 10.0 Å². The minimum Gasteiger partial charge on any atom is -0.469 e. The Morgan fingerprint density at radius 1 is 1.21 bits per heavy atom. The lowest BCUT2D eigenvalue weighted by Crippen LogP contribution is -2.48. The molecule has 2 atom stereocenters. The second-order valence-electron chi connectivity index (χ2n) is 7.54. The maximum absolute atomic E-state index is 12.5. The molecule has 0 N–H and O–H groups in total. The number of hydrogen-bond donors (Lipinski definition) is 0. The molecule has 0 spiro atoms. The highest BCUT2D eigenvalue weighted by atomic mass is 35.6. The topological polar surface area (TPSA) is 55.8 Å². The fourth-order valence-electron chi connectivity index (χ4n) is 4.02. The van der Waals surface area contributed by atoms with Crippen LogP contribution in [0.3, 0.4) is 0 Å². The molecule has 2 saturated heterocycles. The van der Waals surface area contributed by atoms with Crippen LogP contribution in [-0.2, 0) is 19.1 Å². The highest BCUT2D eigenvalue weighted by molar-refractivity contribution is 6.68. The van der Waals surface area contributed by atoms with E-state index in [1.54, 1.807) is 0 Å². The van der Waals surface area contributed by atoms with Gasteiger partial charge in [0.25, 0.3) is 0 Å². The second-order valence-corrected chi connectivity index (χ2v) is 9.91. The van der Waals surface area contributed by atoms with Gasteiger partial charge in [0.15, 0.2) is 0 Å². The molecule has 0 unspecified atom stereocenters. The number of hydrogen-bond acceptors (Lipinski definition) is 5. The van der Waals surface area contributed by atoms with E-state index in [0.29, 0.717) is 19.4 Å². The van der Waals surface area contributed by atoms with E-state index in [9.17, 15) is 9.59 Å². The van der Waals surface area contributed by atoms with Crippen LogP contribution in [0.25, 0.3) is 0 Å². The van der Waals surface area contributed by atoms with E-state index in [1.807, 2.05) is 4.90 Å². The number of cyclic esters (lactones) is 1. The average molecular weight is 455 g/mol. The number of allylic oxidation sites excluding steroid dienone is 1. The third-order valence-corrected chi connectivity index (χ3v) is 6.11. The molecule has 8 heteroatoms. The molecule has 0 radical (unpaired) electrons. The molecule has 28 heavy (non-hydrogen) atoms. The Morgan fingerprint density at radius 3 is 2.57 bits per heavy atom. The Labute approximate surface area is 182 Å². The lowest BCUT2D eigenvalue weighted by Gasteiger charge is -2.31. The molecule has 0 saturated carbocycles. The van der Waals surface area contributed by atoms with Crippen molar-refractivity contribution in [3.63, 3.8) is 0 Å². The number of carbonyl (C=O) groups excluding carboxylic acids is 2. The van der Waals surface area contributed by atoms with Gasteiger partial charge in [-0.3, -0.25) is 4.79 Å². The van der Waals surface area contributed by atoms with E-state index in [-0.39, 0.29) is 11.9 Å². The molecule has 0 amide bonds. The summed E-state index contributed by atoms with van der Waals surface area (Å²) in [5, 5.41) is 0. The summed E-state index contributed by atoms with van der Waals surface area (Å²) >= 11 is 18.0. The maximum Gasteiger partial charge on any atom is 0.328 e. The summed E-state index contributed by atoms with van der Waals surface area (Å²) in [4.78, 5) is 25.4. The van der Waals surface area contributed by atoms with Crippen molar-refractivity contribution in [2.45, 2.75) is 86.2 Å². The van der Waals surface area contributed by atoms with Crippen LogP contribution < -0.4 is 0 Å². The van der Waals surface area contributed by atoms with Crippen molar-refractivity contribution in [2.75, 3.05) is 13.7 Å². The van der Waals surface area contributed by atoms with E-state index >= 15 is 0 Å². The molecule has 2 aliphatic rings. The van der Waals surface area contributed by atoms with Gasteiger partial charge in [-0.15, -0.1) is 0 Å². The predicted octanol–water partition coefficient (Wildman–Crippen LogP) is 5.31. The molecule has 2 rings (SSSR count). The van der Waals surface area contributed by atoms with Crippen molar-refractivity contribution in [1.82, 2.24) is 4.90 Å². The lowest BCUT2D eigenvalue weighted by atomic mass is 9.92. The Kier molecular flexibility index (Phi) is 9.39. The summed E-state index contributed by atoms with van der Waals surface area (Å²) in [6, 6.07) is 0. The minimum absolute atomic E-state index is 0.128. The number of methoxy groups -OCH3 is 1. The molecule has 5 nitrogen and oxygen atoms in total. The first-order valence-corrected chi connectivity index (χ1v) is 11.2. The van der Waals surface area contributed by atoms with Gasteiger partial charge in [0.1, 0.15) is 5.54 Å². The quantitative estimate of drug-likeness (QED) is 0.183. The summed E-state index contributed by atoms with van der Waals surface area (Å²) in [5.74, 6) is -0.408. The van der Waals surface area contributed by atoms with Gasteiger partial charge in [-0.25, -0.2) is 9.69 Å². The predicted molar refractivity (Wildman–Crippen MR) is 112 cm³/mol. The smallest absolute Gasteiger partial charge is 0.328 e.